The SMILES string of the molecule is C#CCNC(CO)C(C)C. The Morgan fingerprint density at radius 2 is 2.20 bits per heavy atom. The van der Waals surface area contributed by atoms with Crippen LogP contribution in [0.5, 0.6) is 0 Å². The summed E-state index contributed by atoms with van der Waals surface area (Å²) in [7, 11) is 0. The number of terminal acetylenes is 1. The molecule has 0 rings (SSSR count). The van der Waals surface area contributed by atoms with Gasteiger partial charge in [0.25, 0.3) is 0 Å². The molecule has 0 heterocycles. The van der Waals surface area contributed by atoms with E-state index in [2.05, 4.69) is 11.2 Å². The predicted octanol–water partition coefficient (Wildman–Crippen LogP) is 0.226. The van der Waals surface area contributed by atoms with Gasteiger partial charge in [-0.1, -0.05) is 19.8 Å². The van der Waals surface area contributed by atoms with Crippen molar-refractivity contribution in [1.29, 1.82) is 0 Å². The van der Waals surface area contributed by atoms with Crippen molar-refractivity contribution < 1.29 is 5.11 Å². The van der Waals surface area contributed by atoms with E-state index < -0.39 is 0 Å². The van der Waals surface area contributed by atoms with Gasteiger partial charge in [-0.25, -0.2) is 0 Å². The van der Waals surface area contributed by atoms with E-state index in [1.165, 1.54) is 0 Å². The van der Waals surface area contributed by atoms with Gasteiger partial charge in [0.1, 0.15) is 0 Å². The zero-order valence-corrected chi connectivity index (χ0v) is 6.59. The van der Waals surface area contributed by atoms with E-state index >= 15 is 0 Å². The van der Waals surface area contributed by atoms with Crippen LogP contribution in [-0.2, 0) is 0 Å². The number of aliphatic hydroxyl groups excluding tert-OH is 1. The Morgan fingerprint density at radius 1 is 1.60 bits per heavy atom. The first-order valence-electron chi connectivity index (χ1n) is 3.50. The van der Waals surface area contributed by atoms with Crippen LogP contribution in [0.25, 0.3) is 0 Å². The zero-order chi connectivity index (χ0) is 7.98. The first-order chi connectivity index (χ1) is 4.72. The summed E-state index contributed by atoms with van der Waals surface area (Å²) in [4.78, 5) is 0. The summed E-state index contributed by atoms with van der Waals surface area (Å²) in [6, 6.07) is 0.135. The smallest absolute Gasteiger partial charge is 0.0587 e. The second-order valence-electron chi connectivity index (χ2n) is 2.62. The van der Waals surface area contributed by atoms with Crippen LogP contribution in [0, 0.1) is 18.3 Å². The van der Waals surface area contributed by atoms with E-state index in [4.69, 9.17) is 11.5 Å². The van der Waals surface area contributed by atoms with Crippen LogP contribution in [0.2, 0.25) is 0 Å². The van der Waals surface area contributed by atoms with Gasteiger partial charge < -0.3 is 10.4 Å². The molecule has 1 atom stereocenters. The highest BCUT2D eigenvalue weighted by molar-refractivity contribution is 4.88. The highest BCUT2D eigenvalue weighted by Crippen LogP contribution is 1.98. The van der Waals surface area contributed by atoms with Crippen molar-refractivity contribution >= 4 is 0 Å². The third-order valence-electron chi connectivity index (χ3n) is 1.47. The normalized spacial score (nSPS) is 13.1. The monoisotopic (exact) mass is 141 g/mol. The summed E-state index contributed by atoms with van der Waals surface area (Å²) >= 11 is 0. The van der Waals surface area contributed by atoms with Crippen LogP contribution in [0.1, 0.15) is 13.8 Å². The molecule has 0 radical (unpaired) electrons. The van der Waals surface area contributed by atoms with Crippen LogP contribution < -0.4 is 5.32 Å². The van der Waals surface area contributed by atoms with Gasteiger partial charge in [-0.3, -0.25) is 0 Å². The van der Waals surface area contributed by atoms with Crippen LogP contribution >= 0.6 is 0 Å². The van der Waals surface area contributed by atoms with Crippen LogP contribution in [-0.4, -0.2) is 24.3 Å². The molecule has 2 N–H and O–H groups in total. The lowest BCUT2D eigenvalue weighted by Gasteiger charge is -2.17. The first-order valence-corrected chi connectivity index (χ1v) is 3.50. The molecule has 1 unspecified atom stereocenters. The summed E-state index contributed by atoms with van der Waals surface area (Å²) in [6.07, 6.45) is 5.04. The molecule has 0 bridgehead atoms. The molecular formula is C8H15NO. The average Bonchev–Trinajstić information content (AvgIpc) is 1.89. The van der Waals surface area contributed by atoms with Crippen LogP contribution in [0.4, 0.5) is 0 Å². The fourth-order valence-corrected chi connectivity index (χ4v) is 0.701. The van der Waals surface area contributed by atoms with Crippen molar-refractivity contribution in [2.75, 3.05) is 13.2 Å². The number of nitrogens with one attached hydrogen (secondary N) is 1. The minimum atomic E-state index is 0.135. The molecule has 0 aliphatic heterocycles. The third kappa shape index (κ3) is 3.49. The van der Waals surface area contributed by atoms with Crippen molar-refractivity contribution in [3.05, 3.63) is 0 Å². The molecule has 10 heavy (non-hydrogen) atoms. The Bertz CT molecular complexity index is 115. The number of rotatable bonds is 4. The Labute approximate surface area is 62.6 Å². The van der Waals surface area contributed by atoms with E-state index in [0.29, 0.717) is 12.5 Å². The Hall–Kier alpha value is -0.520. The van der Waals surface area contributed by atoms with Crippen molar-refractivity contribution in [2.45, 2.75) is 19.9 Å². The van der Waals surface area contributed by atoms with Crippen molar-refractivity contribution in [2.24, 2.45) is 5.92 Å². The van der Waals surface area contributed by atoms with Gasteiger partial charge in [-0.2, -0.15) is 0 Å². The molecule has 0 fully saturated rings. The van der Waals surface area contributed by atoms with Crippen LogP contribution in [0.15, 0.2) is 0 Å². The maximum atomic E-state index is 8.79. The average molecular weight is 141 g/mol. The van der Waals surface area contributed by atoms with Gasteiger partial charge in [0.05, 0.1) is 13.2 Å². The Balaban J connectivity index is 3.52. The zero-order valence-electron chi connectivity index (χ0n) is 6.59. The van der Waals surface area contributed by atoms with Crippen molar-refractivity contribution in [3.63, 3.8) is 0 Å². The summed E-state index contributed by atoms with van der Waals surface area (Å²) < 4.78 is 0. The maximum Gasteiger partial charge on any atom is 0.0587 e. The molecule has 2 heteroatoms. The van der Waals surface area contributed by atoms with Gasteiger partial charge in [-0.15, -0.1) is 6.42 Å². The molecule has 0 aromatic heterocycles. The van der Waals surface area contributed by atoms with E-state index in [1.54, 1.807) is 0 Å². The molecule has 0 saturated heterocycles. The fourth-order valence-electron chi connectivity index (χ4n) is 0.701. The molecule has 2 nitrogen and oxygen atoms in total. The van der Waals surface area contributed by atoms with Gasteiger partial charge in [-0.05, 0) is 5.92 Å². The minimum Gasteiger partial charge on any atom is -0.395 e. The quantitative estimate of drug-likeness (QED) is 0.549. The van der Waals surface area contributed by atoms with Gasteiger partial charge >= 0.3 is 0 Å². The molecule has 0 amide bonds. The minimum absolute atomic E-state index is 0.135. The lowest BCUT2D eigenvalue weighted by atomic mass is 10.1. The van der Waals surface area contributed by atoms with Crippen molar-refractivity contribution in [3.8, 4) is 12.3 Å². The predicted molar refractivity (Wildman–Crippen MR) is 42.5 cm³/mol. The van der Waals surface area contributed by atoms with E-state index in [0.717, 1.165) is 0 Å². The van der Waals surface area contributed by atoms with Crippen LogP contribution in [0.3, 0.4) is 0 Å². The molecule has 0 saturated carbocycles. The Kier molecular flexibility index (Phi) is 5.00. The molecule has 0 aliphatic carbocycles. The molecule has 0 aromatic rings. The molecule has 58 valence electrons. The standard InChI is InChI=1S/C8H15NO/c1-4-5-9-8(6-10)7(2)3/h1,7-10H,5-6H2,2-3H3. The number of hydrogen-bond acceptors (Lipinski definition) is 2. The van der Waals surface area contributed by atoms with E-state index in [-0.39, 0.29) is 12.6 Å². The summed E-state index contributed by atoms with van der Waals surface area (Å²) in [6.45, 7) is 4.78. The molecule has 0 aliphatic rings. The fraction of sp³-hybridized carbons (Fsp3) is 0.750. The number of aliphatic hydroxyl groups is 1. The summed E-state index contributed by atoms with van der Waals surface area (Å²) in [5, 5.41) is 11.8. The molecule has 0 aromatic carbocycles. The number of hydrogen-bond donors (Lipinski definition) is 2. The lowest BCUT2D eigenvalue weighted by Crippen LogP contribution is -2.37. The largest absolute Gasteiger partial charge is 0.395 e. The first kappa shape index (κ1) is 9.48. The topological polar surface area (TPSA) is 32.3 Å². The summed E-state index contributed by atoms with van der Waals surface area (Å²) in [5.41, 5.74) is 0. The lowest BCUT2D eigenvalue weighted by molar-refractivity contribution is 0.215. The third-order valence-corrected chi connectivity index (χ3v) is 1.47. The summed E-state index contributed by atoms with van der Waals surface area (Å²) in [5.74, 6) is 2.89. The van der Waals surface area contributed by atoms with Gasteiger partial charge in [0.15, 0.2) is 0 Å². The Morgan fingerprint density at radius 3 is 2.50 bits per heavy atom. The van der Waals surface area contributed by atoms with E-state index in [1.807, 2.05) is 13.8 Å². The van der Waals surface area contributed by atoms with E-state index in [9.17, 15) is 0 Å². The second-order valence-corrected chi connectivity index (χ2v) is 2.62. The molecule has 0 spiro atoms. The highest BCUT2D eigenvalue weighted by atomic mass is 16.3. The van der Waals surface area contributed by atoms with Crippen molar-refractivity contribution in [1.82, 2.24) is 5.32 Å². The maximum absolute atomic E-state index is 8.79. The highest BCUT2D eigenvalue weighted by Gasteiger charge is 2.08. The second kappa shape index (κ2) is 5.28. The van der Waals surface area contributed by atoms with Gasteiger partial charge in [0.2, 0.25) is 0 Å². The van der Waals surface area contributed by atoms with Gasteiger partial charge in [0, 0.05) is 6.04 Å². The molecular weight excluding hydrogens is 126 g/mol.